The summed E-state index contributed by atoms with van der Waals surface area (Å²) in [5.41, 5.74) is 15.0. The fraction of sp³-hybridized carbons (Fsp3) is 0.200. The highest BCUT2D eigenvalue weighted by molar-refractivity contribution is 7.00. The lowest BCUT2D eigenvalue weighted by Crippen LogP contribution is -1.95. The fourth-order valence-corrected chi connectivity index (χ4v) is 2.27. The Bertz CT molecular complexity index is 679. The fourth-order valence-electron chi connectivity index (χ4n) is 1.75. The number of benzene rings is 2. The first-order valence-corrected chi connectivity index (χ1v) is 7.24. The van der Waals surface area contributed by atoms with Gasteiger partial charge in [-0.25, -0.2) is 0 Å². The zero-order valence-corrected chi connectivity index (χ0v) is 12.6. The number of nitrogens with zero attached hydrogens (tertiary/aromatic N) is 2. The van der Waals surface area contributed by atoms with E-state index >= 15 is 0 Å². The van der Waals surface area contributed by atoms with Gasteiger partial charge in [0.2, 0.25) is 0 Å². The minimum Gasteiger partial charge on any atom is -0.497 e. The van der Waals surface area contributed by atoms with Crippen molar-refractivity contribution in [1.29, 1.82) is 0 Å². The molecule has 1 heterocycles. The molecule has 6 heteroatoms. The van der Waals surface area contributed by atoms with Gasteiger partial charge in [-0.05, 0) is 35.4 Å². The lowest BCUT2D eigenvalue weighted by Gasteiger charge is -2.00. The zero-order valence-electron chi connectivity index (χ0n) is 11.8. The molecule has 0 bridgehead atoms. The van der Waals surface area contributed by atoms with Crippen molar-refractivity contribution in [3.63, 3.8) is 0 Å². The van der Waals surface area contributed by atoms with E-state index in [9.17, 15) is 0 Å². The van der Waals surface area contributed by atoms with Gasteiger partial charge in [0, 0.05) is 13.1 Å². The van der Waals surface area contributed by atoms with Crippen LogP contribution in [0.25, 0.3) is 11.0 Å². The molecule has 0 spiro atoms. The van der Waals surface area contributed by atoms with Crippen LogP contribution in [0, 0.1) is 0 Å². The van der Waals surface area contributed by atoms with Crippen molar-refractivity contribution < 1.29 is 4.74 Å². The van der Waals surface area contributed by atoms with Gasteiger partial charge in [-0.1, -0.05) is 18.2 Å². The van der Waals surface area contributed by atoms with Crippen LogP contribution in [0.15, 0.2) is 42.5 Å². The van der Waals surface area contributed by atoms with Crippen LogP contribution in [0.2, 0.25) is 0 Å². The maximum atomic E-state index is 5.46. The van der Waals surface area contributed by atoms with Crippen LogP contribution < -0.4 is 16.2 Å². The molecule has 0 aliphatic carbocycles. The Kier molecular flexibility index (Phi) is 5.62. The van der Waals surface area contributed by atoms with E-state index in [1.807, 2.05) is 42.5 Å². The number of fused-ring (bicyclic) bond motifs is 1. The van der Waals surface area contributed by atoms with Gasteiger partial charge in [0.25, 0.3) is 0 Å². The summed E-state index contributed by atoms with van der Waals surface area (Å²) in [6, 6.07) is 13.6. The van der Waals surface area contributed by atoms with Gasteiger partial charge in [-0.3, -0.25) is 0 Å². The Morgan fingerprint density at radius 2 is 1.67 bits per heavy atom. The van der Waals surface area contributed by atoms with E-state index in [-0.39, 0.29) is 0 Å². The van der Waals surface area contributed by atoms with Crippen molar-refractivity contribution in [3.05, 3.63) is 53.6 Å². The molecule has 2 aromatic carbocycles. The second-order valence-corrected chi connectivity index (χ2v) is 4.88. The molecule has 3 aromatic rings. The SMILES string of the molecule is COc1cccc(CN)c1.NCc1ccc2nsnc2c1. The third kappa shape index (κ3) is 4.22. The Balaban J connectivity index is 0.000000155. The quantitative estimate of drug-likeness (QED) is 0.775. The molecule has 4 N–H and O–H groups in total. The topological polar surface area (TPSA) is 87.0 Å². The summed E-state index contributed by atoms with van der Waals surface area (Å²) in [5, 5.41) is 0. The van der Waals surface area contributed by atoms with Crippen LogP contribution in [0.3, 0.4) is 0 Å². The maximum Gasteiger partial charge on any atom is 0.119 e. The lowest BCUT2D eigenvalue weighted by molar-refractivity contribution is 0.414. The minimum atomic E-state index is 0.563. The Morgan fingerprint density at radius 3 is 2.38 bits per heavy atom. The van der Waals surface area contributed by atoms with Gasteiger partial charge in [-0.15, -0.1) is 0 Å². The molecule has 0 amide bonds. The minimum absolute atomic E-state index is 0.563. The molecular weight excluding hydrogens is 284 g/mol. The summed E-state index contributed by atoms with van der Waals surface area (Å²) in [4.78, 5) is 0. The number of hydrogen-bond acceptors (Lipinski definition) is 6. The normalized spacial score (nSPS) is 10.0. The second-order valence-electron chi connectivity index (χ2n) is 4.35. The van der Waals surface area contributed by atoms with E-state index < -0.39 is 0 Å². The Labute approximate surface area is 127 Å². The van der Waals surface area contributed by atoms with Crippen LogP contribution in [-0.4, -0.2) is 15.9 Å². The first-order valence-electron chi connectivity index (χ1n) is 6.51. The average Bonchev–Trinajstić information content (AvgIpc) is 3.02. The summed E-state index contributed by atoms with van der Waals surface area (Å²) in [6.07, 6.45) is 0. The number of hydrogen-bond donors (Lipinski definition) is 2. The third-order valence-electron chi connectivity index (χ3n) is 2.92. The van der Waals surface area contributed by atoms with Gasteiger partial charge in [0.15, 0.2) is 0 Å². The van der Waals surface area contributed by atoms with Gasteiger partial charge in [0.1, 0.15) is 16.8 Å². The summed E-state index contributed by atoms with van der Waals surface area (Å²) >= 11 is 1.23. The van der Waals surface area contributed by atoms with Crippen molar-refractivity contribution in [2.75, 3.05) is 7.11 Å². The summed E-state index contributed by atoms with van der Waals surface area (Å²) in [5.74, 6) is 0.864. The molecule has 0 saturated heterocycles. The number of rotatable bonds is 3. The van der Waals surface area contributed by atoms with Gasteiger partial charge in [-0.2, -0.15) is 8.75 Å². The molecule has 0 radical (unpaired) electrons. The number of ether oxygens (including phenoxy) is 1. The van der Waals surface area contributed by atoms with Crippen molar-refractivity contribution >= 4 is 22.8 Å². The average molecular weight is 302 g/mol. The summed E-state index contributed by atoms with van der Waals surface area (Å²) < 4.78 is 13.2. The van der Waals surface area contributed by atoms with Crippen LogP contribution >= 0.6 is 11.7 Å². The molecule has 0 unspecified atom stereocenters. The lowest BCUT2D eigenvalue weighted by atomic mass is 10.2. The third-order valence-corrected chi connectivity index (χ3v) is 3.48. The van der Waals surface area contributed by atoms with E-state index in [0.717, 1.165) is 27.9 Å². The highest BCUT2D eigenvalue weighted by atomic mass is 32.1. The molecule has 21 heavy (non-hydrogen) atoms. The van der Waals surface area contributed by atoms with Crippen LogP contribution in [0.5, 0.6) is 5.75 Å². The van der Waals surface area contributed by atoms with Gasteiger partial charge >= 0.3 is 0 Å². The first kappa shape index (κ1) is 15.4. The summed E-state index contributed by atoms with van der Waals surface area (Å²) in [7, 11) is 1.65. The van der Waals surface area contributed by atoms with Crippen molar-refractivity contribution in [2.45, 2.75) is 13.1 Å². The van der Waals surface area contributed by atoms with Crippen LogP contribution in [0.4, 0.5) is 0 Å². The summed E-state index contributed by atoms with van der Waals surface area (Å²) in [6.45, 7) is 1.13. The second kappa shape index (κ2) is 7.68. The van der Waals surface area contributed by atoms with Crippen molar-refractivity contribution in [3.8, 4) is 5.75 Å². The van der Waals surface area contributed by atoms with E-state index in [4.69, 9.17) is 16.2 Å². The van der Waals surface area contributed by atoms with Crippen LogP contribution in [-0.2, 0) is 13.1 Å². The standard InChI is InChI=1S/C8H11NO.C7H7N3S/c1-10-8-4-2-3-7(5-8)6-9;8-4-5-1-2-6-7(3-5)10-11-9-6/h2-5H,6,9H2,1H3;1-3H,4,8H2. The molecule has 0 aliphatic heterocycles. The molecule has 3 rings (SSSR count). The Morgan fingerprint density at radius 1 is 0.952 bits per heavy atom. The molecular formula is C15H18N4OS. The highest BCUT2D eigenvalue weighted by Gasteiger charge is 1.97. The van der Waals surface area contributed by atoms with E-state index in [1.54, 1.807) is 7.11 Å². The van der Waals surface area contributed by atoms with E-state index in [2.05, 4.69) is 8.75 Å². The monoisotopic (exact) mass is 302 g/mol. The first-order chi connectivity index (χ1) is 10.3. The molecule has 1 aromatic heterocycles. The molecule has 0 aliphatic rings. The Hall–Kier alpha value is -2.02. The molecule has 110 valence electrons. The molecule has 0 atom stereocenters. The molecule has 0 saturated carbocycles. The number of nitrogens with two attached hydrogens (primary N) is 2. The smallest absolute Gasteiger partial charge is 0.119 e. The number of methoxy groups -OCH3 is 1. The number of aromatic nitrogens is 2. The largest absolute Gasteiger partial charge is 0.497 e. The van der Waals surface area contributed by atoms with Crippen LogP contribution in [0.1, 0.15) is 11.1 Å². The van der Waals surface area contributed by atoms with E-state index in [0.29, 0.717) is 13.1 Å². The van der Waals surface area contributed by atoms with Gasteiger partial charge in [0.05, 0.1) is 18.8 Å². The van der Waals surface area contributed by atoms with Crippen molar-refractivity contribution in [2.24, 2.45) is 11.5 Å². The zero-order chi connectivity index (χ0) is 15.1. The predicted octanol–water partition coefficient (Wildman–Crippen LogP) is 2.30. The molecule has 5 nitrogen and oxygen atoms in total. The molecule has 0 fully saturated rings. The highest BCUT2D eigenvalue weighted by Crippen LogP contribution is 2.12. The van der Waals surface area contributed by atoms with Crippen molar-refractivity contribution in [1.82, 2.24) is 8.75 Å². The predicted molar refractivity (Wildman–Crippen MR) is 86.2 cm³/mol. The van der Waals surface area contributed by atoms with Gasteiger partial charge < -0.3 is 16.2 Å². The van der Waals surface area contributed by atoms with E-state index in [1.165, 1.54) is 11.7 Å². The maximum absolute atomic E-state index is 5.46.